The molecule has 0 aliphatic carbocycles. The van der Waals surface area contributed by atoms with Crippen LogP contribution in [0.4, 0.5) is 5.69 Å². The van der Waals surface area contributed by atoms with Crippen LogP contribution in [0.5, 0.6) is 0 Å². The summed E-state index contributed by atoms with van der Waals surface area (Å²) in [5.41, 5.74) is 2.78. The molecule has 0 saturated carbocycles. The van der Waals surface area contributed by atoms with Crippen LogP contribution in [-0.4, -0.2) is 25.7 Å². The van der Waals surface area contributed by atoms with Crippen LogP contribution < -0.4 is 4.90 Å². The Balaban J connectivity index is 1.67. The molecule has 1 saturated heterocycles. The summed E-state index contributed by atoms with van der Waals surface area (Å²) in [6.07, 6.45) is 0.982. The van der Waals surface area contributed by atoms with Gasteiger partial charge in [0.25, 0.3) is 5.91 Å². The molecule has 128 valence electrons. The number of para-hydroxylation sites is 1. The second-order valence-corrected chi connectivity index (χ2v) is 6.63. The average Bonchev–Trinajstić information content (AvgIpc) is 3.29. The van der Waals surface area contributed by atoms with Gasteiger partial charge < -0.3 is 14.1 Å². The van der Waals surface area contributed by atoms with E-state index in [-0.39, 0.29) is 5.91 Å². The predicted molar refractivity (Wildman–Crippen MR) is 98.0 cm³/mol. The van der Waals surface area contributed by atoms with Crippen LogP contribution in [0.1, 0.15) is 22.5 Å². The van der Waals surface area contributed by atoms with Crippen molar-refractivity contribution in [2.45, 2.75) is 13.3 Å². The van der Waals surface area contributed by atoms with Gasteiger partial charge in [0.1, 0.15) is 5.58 Å². The van der Waals surface area contributed by atoms with Crippen LogP contribution >= 0.6 is 0 Å². The number of aryl methyl sites for hydroxylation is 1. The molecule has 0 N–H and O–H groups in total. The van der Waals surface area contributed by atoms with Crippen molar-refractivity contribution in [3.63, 3.8) is 0 Å². The highest BCUT2D eigenvalue weighted by Gasteiger charge is 2.26. The Bertz CT molecular complexity index is 879. The number of fused-ring (bicyclic) bond motifs is 1. The number of furan rings is 1. The van der Waals surface area contributed by atoms with E-state index in [9.17, 15) is 4.79 Å². The Morgan fingerprint density at radius 1 is 1.16 bits per heavy atom. The minimum absolute atomic E-state index is 0.105. The summed E-state index contributed by atoms with van der Waals surface area (Å²) in [5, 5.41) is 0.959. The summed E-state index contributed by atoms with van der Waals surface area (Å²) in [4.78, 5) is 15.0. The van der Waals surface area contributed by atoms with Crippen molar-refractivity contribution in [3.05, 3.63) is 65.9 Å². The van der Waals surface area contributed by atoms with Crippen LogP contribution in [0.3, 0.4) is 0 Å². The molecule has 4 rings (SSSR count). The van der Waals surface area contributed by atoms with Gasteiger partial charge in [-0.25, -0.2) is 0 Å². The number of benzene rings is 2. The number of hydrogen-bond acceptors (Lipinski definition) is 3. The van der Waals surface area contributed by atoms with Gasteiger partial charge in [-0.1, -0.05) is 29.8 Å². The lowest BCUT2D eigenvalue weighted by molar-refractivity contribution is 0.0956. The maximum absolute atomic E-state index is 13.2. The number of ether oxygens (including phenoxy) is 1. The van der Waals surface area contributed by atoms with Crippen molar-refractivity contribution < 1.29 is 13.9 Å². The Morgan fingerprint density at radius 3 is 2.76 bits per heavy atom. The molecule has 1 aliphatic heterocycles. The SMILES string of the molecule is Cc1ccc2oc(C(=O)N(C[C@@H]3CCOC3)c3ccccc3)cc2c1. The van der Waals surface area contributed by atoms with Crippen LogP contribution in [0.25, 0.3) is 11.0 Å². The third-order valence-corrected chi connectivity index (χ3v) is 4.66. The summed E-state index contributed by atoms with van der Waals surface area (Å²) >= 11 is 0. The largest absolute Gasteiger partial charge is 0.451 e. The Labute approximate surface area is 147 Å². The van der Waals surface area contributed by atoms with E-state index < -0.39 is 0 Å². The lowest BCUT2D eigenvalue weighted by Gasteiger charge is -2.24. The van der Waals surface area contributed by atoms with Gasteiger partial charge in [0.05, 0.1) is 6.61 Å². The highest BCUT2D eigenvalue weighted by molar-refractivity contribution is 6.06. The van der Waals surface area contributed by atoms with E-state index in [2.05, 4.69) is 0 Å². The smallest absolute Gasteiger partial charge is 0.294 e. The van der Waals surface area contributed by atoms with Gasteiger partial charge in [-0.2, -0.15) is 0 Å². The van der Waals surface area contributed by atoms with Crippen LogP contribution in [0, 0.1) is 12.8 Å². The summed E-state index contributed by atoms with van der Waals surface area (Å²) < 4.78 is 11.3. The van der Waals surface area contributed by atoms with Crippen molar-refractivity contribution in [2.75, 3.05) is 24.7 Å². The molecule has 2 heterocycles. The first-order valence-electron chi connectivity index (χ1n) is 8.65. The first-order valence-corrected chi connectivity index (χ1v) is 8.65. The minimum atomic E-state index is -0.105. The molecule has 4 heteroatoms. The van der Waals surface area contributed by atoms with Gasteiger partial charge in [0.15, 0.2) is 5.76 Å². The van der Waals surface area contributed by atoms with Crippen molar-refractivity contribution in [1.82, 2.24) is 0 Å². The summed E-state index contributed by atoms with van der Waals surface area (Å²) in [6.45, 7) is 4.14. The second-order valence-electron chi connectivity index (χ2n) is 6.63. The predicted octanol–water partition coefficient (Wildman–Crippen LogP) is 4.42. The van der Waals surface area contributed by atoms with Gasteiger partial charge in [-0.15, -0.1) is 0 Å². The molecule has 1 fully saturated rings. The van der Waals surface area contributed by atoms with E-state index in [4.69, 9.17) is 9.15 Å². The van der Waals surface area contributed by atoms with E-state index in [1.165, 1.54) is 0 Å². The minimum Gasteiger partial charge on any atom is -0.451 e. The molecular weight excluding hydrogens is 314 g/mol. The standard InChI is InChI=1S/C21H21NO3/c1-15-7-8-19-17(11-15)12-20(25-19)21(23)22(13-16-9-10-24-14-16)18-5-3-2-4-6-18/h2-8,11-12,16H,9-10,13-14H2,1H3/t16-/m0/s1. The van der Waals surface area contributed by atoms with Gasteiger partial charge in [-0.3, -0.25) is 4.79 Å². The van der Waals surface area contributed by atoms with Gasteiger partial charge in [0.2, 0.25) is 0 Å². The molecule has 2 aromatic carbocycles. The molecule has 1 aliphatic rings. The van der Waals surface area contributed by atoms with Crippen molar-refractivity contribution in [2.24, 2.45) is 5.92 Å². The molecule has 0 bridgehead atoms. The number of carbonyl (C=O) groups excluding carboxylic acids is 1. The van der Waals surface area contributed by atoms with Gasteiger partial charge in [-0.05, 0) is 43.7 Å². The average molecular weight is 335 g/mol. The van der Waals surface area contributed by atoms with E-state index in [0.717, 1.165) is 35.2 Å². The second kappa shape index (κ2) is 6.73. The number of rotatable bonds is 4. The quantitative estimate of drug-likeness (QED) is 0.708. The van der Waals surface area contributed by atoms with Gasteiger partial charge >= 0.3 is 0 Å². The van der Waals surface area contributed by atoms with Gasteiger partial charge in [0, 0.05) is 30.1 Å². The maximum Gasteiger partial charge on any atom is 0.294 e. The fourth-order valence-electron chi connectivity index (χ4n) is 3.30. The molecule has 4 nitrogen and oxygen atoms in total. The molecule has 0 unspecified atom stereocenters. The lowest BCUT2D eigenvalue weighted by atomic mass is 10.1. The zero-order valence-electron chi connectivity index (χ0n) is 14.3. The first-order chi connectivity index (χ1) is 12.2. The Hall–Kier alpha value is -2.59. The summed E-state index contributed by atoms with van der Waals surface area (Å²) in [5.74, 6) is 0.631. The zero-order chi connectivity index (χ0) is 17.2. The van der Waals surface area contributed by atoms with E-state index >= 15 is 0 Å². The molecule has 0 radical (unpaired) electrons. The number of carbonyl (C=O) groups is 1. The Kier molecular flexibility index (Phi) is 4.28. The normalized spacial score (nSPS) is 17.1. The fraction of sp³-hybridized carbons (Fsp3) is 0.286. The van der Waals surface area contributed by atoms with Crippen molar-refractivity contribution in [3.8, 4) is 0 Å². The molecular formula is C21H21NO3. The number of hydrogen-bond donors (Lipinski definition) is 0. The highest BCUT2D eigenvalue weighted by atomic mass is 16.5. The van der Waals surface area contributed by atoms with Crippen LogP contribution in [0.2, 0.25) is 0 Å². The highest BCUT2D eigenvalue weighted by Crippen LogP contribution is 2.26. The Morgan fingerprint density at radius 2 is 2.00 bits per heavy atom. The topological polar surface area (TPSA) is 42.7 Å². The molecule has 25 heavy (non-hydrogen) atoms. The third kappa shape index (κ3) is 3.30. The third-order valence-electron chi connectivity index (χ3n) is 4.66. The van der Waals surface area contributed by atoms with Crippen molar-refractivity contribution >= 4 is 22.6 Å². The van der Waals surface area contributed by atoms with E-state index in [1.807, 2.05) is 66.4 Å². The molecule has 0 spiro atoms. The number of anilines is 1. The first kappa shape index (κ1) is 15.9. The zero-order valence-corrected chi connectivity index (χ0v) is 14.3. The lowest BCUT2D eigenvalue weighted by Crippen LogP contribution is -2.35. The fourth-order valence-corrected chi connectivity index (χ4v) is 3.30. The van der Waals surface area contributed by atoms with Crippen LogP contribution in [-0.2, 0) is 4.74 Å². The molecule has 1 aromatic heterocycles. The van der Waals surface area contributed by atoms with E-state index in [0.29, 0.717) is 24.8 Å². The van der Waals surface area contributed by atoms with Crippen molar-refractivity contribution in [1.29, 1.82) is 0 Å². The molecule has 1 amide bonds. The monoisotopic (exact) mass is 335 g/mol. The molecule has 3 aromatic rings. The summed E-state index contributed by atoms with van der Waals surface area (Å²) in [6, 6.07) is 17.5. The van der Waals surface area contributed by atoms with E-state index in [1.54, 1.807) is 0 Å². The number of nitrogens with zero attached hydrogens (tertiary/aromatic N) is 1. The molecule has 1 atom stereocenters. The van der Waals surface area contributed by atoms with Crippen LogP contribution in [0.15, 0.2) is 59.0 Å². The summed E-state index contributed by atoms with van der Waals surface area (Å²) in [7, 11) is 0. The maximum atomic E-state index is 13.2. The number of amides is 1.